The number of hydrogen-bond donors (Lipinski definition) is 1. The van der Waals surface area contributed by atoms with Crippen LogP contribution in [0.25, 0.3) is 0 Å². The zero-order valence-electron chi connectivity index (χ0n) is 6.52. The first-order valence-electron chi connectivity index (χ1n) is 3.65. The monoisotopic (exact) mass is 141 g/mol. The maximum absolute atomic E-state index is 5.19. The summed E-state index contributed by atoms with van der Waals surface area (Å²) in [6.45, 7) is 4.12. The Bertz CT molecular complexity index is 112. The van der Waals surface area contributed by atoms with Crippen LogP contribution >= 0.6 is 0 Å². The molecule has 0 radical (unpaired) electrons. The van der Waals surface area contributed by atoms with Gasteiger partial charge in [-0.1, -0.05) is 18.8 Å². The molecule has 0 unspecified atom stereocenters. The molecule has 10 heavy (non-hydrogen) atoms. The van der Waals surface area contributed by atoms with Gasteiger partial charge in [0, 0.05) is 13.0 Å². The predicted octanol–water partition coefficient (Wildman–Crippen LogP) is 0.765. The van der Waals surface area contributed by atoms with Crippen molar-refractivity contribution in [3.63, 3.8) is 0 Å². The Morgan fingerprint density at radius 1 is 1.30 bits per heavy atom. The highest BCUT2D eigenvalue weighted by Gasteiger charge is 1.80. The molecule has 0 aliphatic heterocycles. The molecule has 2 nitrogen and oxygen atoms in total. The SMILES string of the molecule is CCCOCCC#CCN. The van der Waals surface area contributed by atoms with Gasteiger partial charge in [-0.2, -0.15) is 0 Å². The minimum absolute atomic E-state index is 0.452. The van der Waals surface area contributed by atoms with Crippen LogP contribution in [0.15, 0.2) is 0 Å². The summed E-state index contributed by atoms with van der Waals surface area (Å²) in [5, 5.41) is 0. The van der Waals surface area contributed by atoms with Crippen molar-refractivity contribution < 1.29 is 4.74 Å². The van der Waals surface area contributed by atoms with Crippen LogP contribution in [0.3, 0.4) is 0 Å². The summed E-state index contributed by atoms with van der Waals surface area (Å²) >= 11 is 0. The van der Waals surface area contributed by atoms with Gasteiger partial charge in [-0.25, -0.2) is 0 Å². The second kappa shape index (κ2) is 8.48. The van der Waals surface area contributed by atoms with Crippen LogP contribution in [-0.2, 0) is 4.74 Å². The molecule has 2 N–H and O–H groups in total. The molecular weight excluding hydrogens is 126 g/mol. The third-order valence-electron chi connectivity index (χ3n) is 0.947. The Morgan fingerprint density at radius 2 is 2.10 bits per heavy atom. The van der Waals surface area contributed by atoms with Crippen molar-refractivity contribution in [2.75, 3.05) is 19.8 Å². The van der Waals surface area contributed by atoms with Crippen molar-refractivity contribution in [3.05, 3.63) is 0 Å². The quantitative estimate of drug-likeness (QED) is 0.463. The Labute approximate surface area is 62.7 Å². The molecule has 0 amide bonds. The summed E-state index contributed by atoms with van der Waals surface area (Å²) in [6.07, 6.45) is 1.88. The fraction of sp³-hybridized carbons (Fsp3) is 0.750. The van der Waals surface area contributed by atoms with Crippen LogP contribution in [0, 0.1) is 11.8 Å². The van der Waals surface area contributed by atoms with Gasteiger partial charge in [0.25, 0.3) is 0 Å². The molecule has 0 aromatic carbocycles. The zero-order valence-corrected chi connectivity index (χ0v) is 6.52. The van der Waals surface area contributed by atoms with E-state index < -0.39 is 0 Å². The van der Waals surface area contributed by atoms with E-state index in [4.69, 9.17) is 10.5 Å². The molecule has 58 valence electrons. The van der Waals surface area contributed by atoms with E-state index in [0.717, 1.165) is 26.1 Å². The highest BCUT2D eigenvalue weighted by molar-refractivity contribution is 4.99. The molecule has 0 saturated heterocycles. The lowest BCUT2D eigenvalue weighted by atomic mass is 10.4. The molecule has 0 spiro atoms. The second-order valence-corrected chi connectivity index (χ2v) is 1.92. The molecule has 2 heteroatoms. The summed E-state index contributed by atoms with van der Waals surface area (Å²) in [6, 6.07) is 0. The normalized spacial score (nSPS) is 8.60. The van der Waals surface area contributed by atoms with Crippen LogP contribution in [-0.4, -0.2) is 19.8 Å². The Kier molecular flexibility index (Phi) is 8.04. The average Bonchev–Trinajstić information content (AvgIpc) is 1.97. The molecule has 0 heterocycles. The summed E-state index contributed by atoms with van der Waals surface area (Å²) < 4.78 is 5.19. The lowest BCUT2D eigenvalue weighted by Gasteiger charge is -1.95. The number of hydrogen-bond acceptors (Lipinski definition) is 2. The van der Waals surface area contributed by atoms with E-state index in [9.17, 15) is 0 Å². The van der Waals surface area contributed by atoms with E-state index in [2.05, 4.69) is 18.8 Å². The maximum atomic E-state index is 5.19. The standard InChI is InChI=1S/C8H15NO/c1-2-7-10-8-5-3-4-6-9/h2,5-9H2,1H3. The van der Waals surface area contributed by atoms with E-state index in [-0.39, 0.29) is 0 Å². The average molecular weight is 141 g/mol. The molecule has 0 aliphatic carbocycles. The van der Waals surface area contributed by atoms with Crippen LogP contribution in [0.5, 0.6) is 0 Å². The Morgan fingerprint density at radius 3 is 2.70 bits per heavy atom. The van der Waals surface area contributed by atoms with Crippen molar-refractivity contribution in [2.45, 2.75) is 19.8 Å². The molecule has 0 aliphatic rings. The minimum atomic E-state index is 0.452. The van der Waals surface area contributed by atoms with E-state index in [1.807, 2.05) is 0 Å². The third-order valence-corrected chi connectivity index (χ3v) is 0.947. The van der Waals surface area contributed by atoms with Crippen molar-refractivity contribution in [3.8, 4) is 11.8 Å². The van der Waals surface area contributed by atoms with Gasteiger partial charge in [-0.05, 0) is 6.42 Å². The first-order valence-corrected chi connectivity index (χ1v) is 3.65. The predicted molar refractivity (Wildman–Crippen MR) is 42.6 cm³/mol. The van der Waals surface area contributed by atoms with Gasteiger partial charge in [0.15, 0.2) is 0 Å². The zero-order chi connectivity index (χ0) is 7.66. The van der Waals surface area contributed by atoms with E-state index in [1.54, 1.807) is 0 Å². The van der Waals surface area contributed by atoms with Crippen molar-refractivity contribution in [1.29, 1.82) is 0 Å². The molecule has 0 atom stereocenters. The van der Waals surface area contributed by atoms with Gasteiger partial charge >= 0.3 is 0 Å². The fourth-order valence-corrected chi connectivity index (χ4v) is 0.530. The molecular formula is C8H15NO. The summed E-state index contributed by atoms with van der Waals surface area (Å²) in [5.74, 6) is 5.67. The molecule has 0 fully saturated rings. The van der Waals surface area contributed by atoms with Gasteiger partial charge in [-0.3, -0.25) is 0 Å². The maximum Gasteiger partial charge on any atom is 0.0575 e. The van der Waals surface area contributed by atoms with Crippen molar-refractivity contribution in [2.24, 2.45) is 5.73 Å². The molecule has 0 rings (SSSR count). The fourth-order valence-electron chi connectivity index (χ4n) is 0.530. The van der Waals surface area contributed by atoms with Gasteiger partial charge in [-0.15, -0.1) is 0 Å². The van der Waals surface area contributed by atoms with Crippen molar-refractivity contribution in [1.82, 2.24) is 0 Å². The molecule has 0 aromatic rings. The highest BCUT2D eigenvalue weighted by Crippen LogP contribution is 1.82. The smallest absolute Gasteiger partial charge is 0.0575 e. The summed E-state index contributed by atoms with van der Waals surface area (Å²) in [5.41, 5.74) is 5.15. The molecule has 0 bridgehead atoms. The summed E-state index contributed by atoms with van der Waals surface area (Å²) in [7, 11) is 0. The van der Waals surface area contributed by atoms with Gasteiger partial charge in [0.1, 0.15) is 0 Å². The number of nitrogens with two attached hydrogens (primary N) is 1. The minimum Gasteiger partial charge on any atom is -0.380 e. The molecule has 0 aromatic heterocycles. The van der Waals surface area contributed by atoms with Crippen LogP contribution < -0.4 is 5.73 Å². The second-order valence-electron chi connectivity index (χ2n) is 1.92. The molecule has 0 saturated carbocycles. The van der Waals surface area contributed by atoms with Gasteiger partial charge < -0.3 is 10.5 Å². The highest BCUT2D eigenvalue weighted by atomic mass is 16.5. The van der Waals surface area contributed by atoms with Crippen LogP contribution in [0.4, 0.5) is 0 Å². The van der Waals surface area contributed by atoms with Gasteiger partial charge in [0.2, 0.25) is 0 Å². The Balaban J connectivity index is 2.90. The van der Waals surface area contributed by atoms with Crippen LogP contribution in [0.2, 0.25) is 0 Å². The first-order chi connectivity index (χ1) is 4.91. The lowest BCUT2D eigenvalue weighted by molar-refractivity contribution is 0.140. The first kappa shape index (κ1) is 9.48. The van der Waals surface area contributed by atoms with Crippen LogP contribution in [0.1, 0.15) is 19.8 Å². The van der Waals surface area contributed by atoms with E-state index in [1.165, 1.54) is 0 Å². The van der Waals surface area contributed by atoms with E-state index >= 15 is 0 Å². The van der Waals surface area contributed by atoms with E-state index in [0.29, 0.717) is 6.54 Å². The summed E-state index contributed by atoms with van der Waals surface area (Å²) in [4.78, 5) is 0. The largest absolute Gasteiger partial charge is 0.380 e. The number of ether oxygens (including phenoxy) is 1. The number of rotatable bonds is 4. The Hall–Kier alpha value is -0.520. The lowest BCUT2D eigenvalue weighted by Crippen LogP contribution is -1.95. The topological polar surface area (TPSA) is 35.2 Å². The van der Waals surface area contributed by atoms with Gasteiger partial charge in [0.05, 0.1) is 13.2 Å². The third kappa shape index (κ3) is 7.48. The van der Waals surface area contributed by atoms with Crippen molar-refractivity contribution >= 4 is 0 Å².